The second kappa shape index (κ2) is 11.9. The third kappa shape index (κ3) is 8.34. The smallest absolute Gasteiger partial charge is 0.0597 e. The Kier molecular flexibility index (Phi) is 10.3. The van der Waals surface area contributed by atoms with Crippen molar-refractivity contribution in [2.24, 2.45) is 0 Å². The maximum atomic E-state index is 6.01. The van der Waals surface area contributed by atoms with Gasteiger partial charge in [0, 0.05) is 13.2 Å². The van der Waals surface area contributed by atoms with Gasteiger partial charge in [0.2, 0.25) is 0 Å². The molecule has 0 aliphatic carbocycles. The van der Waals surface area contributed by atoms with Gasteiger partial charge < -0.3 is 9.47 Å². The van der Waals surface area contributed by atoms with Crippen molar-refractivity contribution < 1.29 is 9.47 Å². The summed E-state index contributed by atoms with van der Waals surface area (Å²) < 4.78 is 11.6. The molecule has 0 fully saturated rings. The highest BCUT2D eigenvalue weighted by Crippen LogP contribution is 2.09. The molecule has 0 saturated heterocycles. The maximum absolute atomic E-state index is 6.01. The van der Waals surface area contributed by atoms with Gasteiger partial charge in [0.15, 0.2) is 0 Å². The Labute approximate surface area is 124 Å². The summed E-state index contributed by atoms with van der Waals surface area (Å²) in [4.78, 5) is 0. The van der Waals surface area contributed by atoms with Gasteiger partial charge in [-0.3, -0.25) is 0 Å². The first-order chi connectivity index (χ1) is 9.86. The molecule has 20 heavy (non-hydrogen) atoms. The van der Waals surface area contributed by atoms with Crippen LogP contribution in [0.3, 0.4) is 0 Å². The van der Waals surface area contributed by atoms with Gasteiger partial charge in [-0.25, -0.2) is 0 Å². The molecule has 114 valence electrons. The van der Waals surface area contributed by atoms with Crippen molar-refractivity contribution in [1.29, 1.82) is 0 Å². The molecule has 2 heteroatoms. The van der Waals surface area contributed by atoms with Crippen LogP contribution in [0.1, 0.15) is 51.5 Å². The van der Waals surface area contributed by atoms with E-state index in [1.165, 1.54) is 18.4 Å². The molecule has 0 aliphatic rings. The molecule has 0 saturated carbocycles. The van der Waals surface area contributed by atoms with Crippen LogP contribution in [0.25, 0.3) is 0 Å². The Morgan fingerprint density at radius 1 is 0.900 bits per heavy atom. The molecular weight excluding hydrogens is 248 g/mol. The summed E-state index contributed by atoms with van der Waals surface area (Å²) in [6.07, 6.45) is 7.03. The lowest BCUT2D eigenvalue weighted by Gasteiger charge is -2.17. The Hall–Kier alpha value is -0.860. The molecule has 0 bridgehead atoms. The van der Waals surface area contributed by atoms with Crippen LogP contribution in [0.2, 0.25) is 0 Å². The predicted molar refractivity (Wildman–Crippen MR) is 85.1 cm³/mol. The molecule has 1 aromatic carbocycles. The van der Waals surface area contributed by atoms with Crippen molar-refractivity contribution >= 4 is 0 Å². The molecule has 1 atom stereocenters. The summed E-state index contributed by atoms with van der Waals surface area (Å²) in [5, 5.41) is 0. The molecule has 2 nitrogen and oxygen atoms in total. The van der Waals surface area contributed by atoms with Gasteiger partial charge in [0.1, 0.15) is 0 Å². The fraction of sp³-hybridized carbons (Fsp3) is 0.667. The molecule has 1 aromatic rings. The van der Waals surface area contributed by atoms with Crippen LogP contribution in [0, 0.1) is 0 Å². The van der Waals surface area contributed by atoms with E-state index in [1.807, 2.05) is 0 Å². The number of hydrogen-bond acceptors (Lipinski definition) is 2. The number of hydrogen-bond donors (Lipinski definition) is 0. The average molecular weight is 278 g/mol. The molecule has 1 unspecified atom stereocenters. The highest BCUT2D eigenvalue weighted by atomic mass is 16.5. The lowest BCUT2D eigenvalue weighted by atomic mass is 10.1. The van der Waals surface area contributed by atoms with E-state index >= 15 is 0 Å². The first-order valence-electron chi connectivity index (χ1n) is 8.10. The zero-order chi connectivity index (χ0) is 14.5. The zero-order valence-electron chi connectivity index (χ0n) is 13.1. The van der Waals surface area contributed by atoms with E-state index in [-0.39, 0.29) is 0 Å². The van der Waals surface area contributed by atoms with E-state index in [4.69, 9.17) is 9.47 Å². The van der Waals surface area contributed by atoms with Crippen LogP contribution >= 0.6 is 0 Å². The van der Waals surface area contributed by atoms with E-state index in [2.05, 4.69) is 44.2 Å². The minimum Gasteiger partial charge on any atom is -0.381 e. The Balaban J connectivity index is 2.14. The lowest BCUT2D eigenvalue weighted by molar-refractivity contribution is 0.0174. The van der Waals surface area contributed by atoms with E-state index < -0.39 is 0 Å². The summed E-state index contributed by atoms with van der Waals surface area (Å²) in [7, 11) is 0. The quantitative estimate of drug-likeness (QED) is 0.519. The fourth-order valence-electron chi connectivity index (χ4n) is 2.18. The van der Waals surface area contributed by atoms with Crippen LogP contribution in [0.15, 0.2) is 30.3 Å². The average Bonchev–Trinajstić information content (AvgIpc) is 2.48. The number of rotatable bonds is 12. The Bertz CT molecular complexity index is 310. The van der Waals surface area contributed by atoms with Crippen LogP contribution < -0.4 is 0 Å². The van der Waals surface area contributed by atoms with Crippen molar-refractivity contribution in [2.75, 3.05) is 19.8 Å². The molecule has 0 aliphatic heterocycles. The SMILES string of the molecule is CCCCOCCC(CCC)OCCc1ccccc1. The number of ether oxygens (including phenoxy) is 2. The van der Waals surface area contributed by atoms with Gasteiger partial charge in [0.05, 0.1) is 12.7 Å². The molecular formula is C18H30O2. The standard InChI is InChI=1S/C18H30O2/c1-3-5-14-19-15-13-18(9-4-2)20-16-12-17-10-7-6-8-11-17/h6-8,10-11,18H,3-5,9,12-16H2,1-2H3. The van der Waals surface area contributed by atoms with Gasteiger partial charge in [-0.2, -0.15) is 0 Å². The molecule has 0 spiro atoms. The third-order valence-corrected chi connectivity index (χ3v) is 3.42. The van der Waals surface area contributed by atoms with Crippen LogP contribution in [0.5, 0.6) is 0 Å². The largest absolute Gasteiger partial charge is 0.381 e. The van der Waals surface area contributed by atoms with Crippen LogP contribution in [-0.4, -0.2) is 25.9 Å². The lowest BCUT2D eigenvalue weighted by Crippen LogP contribution is -2.17. The van der Waals surface area contributed by atoms with Crippen molar-refractivity contribution in [3.63, 3.8) is 0 Å². The van der Waals surface area contributed by atoms with E-state index in [1.54, 1.807) is 0 Å². The van der Waals surface area contributed by atoms with E-state index in [9.17, 15) is 0 Å². The van der Waals surface area contributed by atoms with Crippen molar-refractivity contribution in [3.8, 4) is 0 Å². The Morgan fingerprint density at radius 2 is 1.70 bits per heavy atom. The van der Waals surface area contributed by atoms with Crippen molar-refractivity contribution in [1.82, 2.24) is 0 Å². The summed E-state index contributed by atoms with van der Waals surface area (Å²) >= 11 is 0. The minimum absolute atomic E-state index is 0.352. The van der Waals surface area contributed by atoms with Gasteiger partial charge in [-0.05, 0) is 31.2 Å². The maximum Gasteiger partial charge on any atom is 0.0597 e. The minimum atomic E-state index is 0.352. The summed E-state index contributed by atoms with van der Waals surface area (Å²) in [5.41, 5.74) is 1.35. The monoisotopic (exact) mass is 278 g/mol. The van der Waals surface area contributed by atoms with Gasteiger partial charge in [-0.1, -0.05) is 57.0 Å². The molecule has 0 radical (unpaired) electrons. The third-order valence-electron chi connectivity index (χ3n) is 3.42. The van der Waals surface area contributed by atoms with E-state index in [0.29, 0.717) is 6.10 Å². The van der Waals surface area contributed by atoms with Crippen molar-refractivity contribution in [3.05, 3.63) is 35.9 Å². The van der Waals surface area contributed by atoms with E-state index in [0.717, 1.165) is 45.5 Å². The normalized spacial score (nSPS) is 12.5. The highest BCUT2D eigenvalue weighted by molar-refractivity contribution is 5.14. The highest BCUT2D eigenvalue weighted by Gasteiger charge is 2.08. The topological polar surface area (TPSA) is 18.5 Å². The second-order valence-corrected chi connectivity index (χ2v) is 5.27. The molecule has 0 heterocycles. The Morgan fingerprint density at radius 3 is 2.40 bits per heavy atom. The summed E-state index contributed by atoms with van der Waals surface area (Å²) in [6, 6.07) is 10.5. The first kappa shape index (κ1) is 17.2. The summed E-state index contributed by atoms with van der Waals surface area (Å²) in [6.45, 7) is 6.93. The predicted octanol–water partition coefficient (Wildman–Crippen LogP) is 4.62. The van der Waals surface area contributed by atoms with Crippen molar-refractivity contribution in [2.45, 2.75) is 58.5 Å². The zero-order valence-corrected chi connectivity index (χ0v) is 13.1. The molecule has 1 rings (SSSR count). The second-order valence-electron chi connectivity index (χ2n) is 5.27. The number of unbranched alkanes of at least 4 members (excludes halogenated alkanes) is 1. The van der Waals surface area contributed by atoms with Crippen LogP contribution in [0.4, 0.5) is 0 Å². The van der Waals surface area contributed by atoms with Gasteiger partial charge >= 0.3 is 0 Å². The first-order valence-corrected chi connectivity index (χ1v) is 8.10. The number of benzene rings is 1. The van der Waals surface area contributed by atoms with Gasteiger partial charge in [-0.15, -0.1) is 0 Å². The molecule has 0 amide bonds. The van der Waals surface area contributed by atoms with Gasteiger partial charge in [0.25, 0.3) is 0 Å². The molecule has 0 N–H and O–H groups in total. The van der Waals surface area contributed by atoms with Crippen LogP contribution in [-0.2, 0) is 15.9 Å². The summed E-state index contributed by atoms with van der Waals surface area (Å²) in [5.74, 6) is 0. The fourth-order valence-corrected chi connectivity index (χ4v) is 2.18. The molecule has 0 aromatic heterocycles.